The summed E-state index contributed by atoms with van der Waals surface area (Å²) in [7, 11) is 3.96. The van der Waals surface area contributed by atoms with E-state index in [9.17, 15) is 4.79 Å². The van der Waals surface area contributed by atoms with Gasteiger partial charge >= 0.3 is 5.97 Å². The Morgan fingerprint density at radius 2 is 1.95 bits per heavy atom. The fraction of sp³-hybridized carbons (Fsp3) is 0.214. The van der Waals surface area contributed by atoms with Gasteiger partial charge in [-0.1, -0.05) is 12.1 Å². The fourth-order valence-corrected chi connectivity index (χ4v) is 2.29. The molecule has 2 rings (SSSR count). The van der Waals surface area contributed by atoms with Gasteiger partial charge in [0.15, 0.2) is 4.88 Å². The zero-order valence-corrected chi connectivity index (χ0v) is 11.6. The molecule has 4 nitrogen and oxygen atoms in total. The standard InChI is InChI=1S/C14H15NO3S/c1-15(2)11-5-3-10(4-6-11)9-18-12-7-8-19-13(12)14(16)17/h3-8H,9H2,1-2H3,(H,16,17). The lowest BCUT2D eigenvalue weighted by Gasteiger charge is -2.13. The van der Waals surface area contributed by atoms with Gasteiger partial charge in [0.2, 0.25) is 0 Å². The Labute approximate surface area is 115 Å². The molecule has 0 aliphatic rings. The zero-order valence-electron chi connectivity index (χ0n) is 10.8. The largest absolute Gasteiger partial charge is 0.487 e. The van der Waals surface area contributed by atoms with Crippen molar-refractivity contribution < 1.29 is 14.6 Å². The third kappa shape index (κ3) is 3.26. The molecular weight excluding hydrogens is 262 g/mol. The van der Waals surface area contributed by atoms with E-state index in [1.165, 1.54) is 11.3 Å². The van der Waals surface area contributed by atoms with Crippen molar-refractivity contribution in [2.45, 2.75) is 6.61 Å². The Kier molecular flexibility index (Phi) is 4.06. The fourth-order valence-electron chi connectivity index (χ4n) is 1.62. The van der Waals surface area contributed by atoms with Crippen LogP contribution in [0.25, 0.3) is 0 Å². The molecule has 100 valence electrons. The highest BCUT2D eigenvalue weighted by molar-refractivity contribution is 7.12. The lowest BCUT2D eigenvalue weighted by molar-refractivity contribution is 0.0697. The van der Waals surface area contributed by atoms with Gasteiger partial charge in [-0.2, -0.15) is 0 Å². The SMILES string of the molecule is CN(C)c1ccc(COc2ccsc2C(=O)O)cc1. The molecule has 0 saturated carbocycles. The van der Waals surface area contributed by atoms with Crippen molar-refractivity contribution in [2.75, 3.05) is 19.0 Å². The van der Waals surface area contributed by atoms with Crippen molar-refractivity contribution >= 4 is 23.0 Å². The molecule has 0 fully saturated rings. The molecule has 1 N–H and O–H groups in total. The van der Waals surface area contributed by atoms with Gasteiger partial charge in [-0.25, -0.2) is 4.79 Å². The van der Waals surface area contributed by atoms with E-state index in [0.29, 0.717) is 12.4 Å². The Morgan fingerprint density at radius 3 is 2.53 bits per heavy atom. The van der Waals surface area contributed by atoms with Crippen molar-refractivity contribution in [1.82, 2.24) is 0 Å². The van der Waals surface area contributed by atoms with Gasteiger partial charge in [-0.3, -0.25) is 0 Å². The first-order valence-electron chi connectivity index (χ1n) is 5.78. The van der Waals surface area contributed by atoms with Crippen LogP contribution in [0.5, 0.6) is 5.75 Å². The van der Waals surface area contributed by atoms with Gasteiger partial charge in [0.05, 0.1) is 0 Å². The Balaban J connectivity index is 2.02. The second kappa shape index (κ2) is 5.75. The average Bonchev–Trinajstić information content (AvgIpc) is 2.85. The first-order valence-corrected chi connectivity index (χ1v) is 6.65. The summed E-state index contributed by atoms with van der Waals surface area (Å²) < 4.78 is 5.54. The average molecular weight is 277 g/mol. The van der Waals surface area contributed by atoms with Crippen LogP contribution in [0.1, 0.15) is 15.2 Å². The molecule has 0 saturated heterocycles. The van der Waals surface area contributed by atoms with E-state index in [-0.39, 0.29) is 4.88 Å². The third-order valence-corrected chi connectivity index (χ3v) is 3.55. The second-order valence-electron chi connectivity index (χ2n) is 4.27. The molecule has 0 aliphatic carbocycles. The van der Waals surface area contributed by atoms with Gasteiger partial charge in [0, 0.05) is 19.8 Å². The zero-order chi connectivity index (χ0) is 13.8. The minimum absolute atomic E-state index is 0.241. The molecule has 2 aromatic rings. The molecule has 0 atom stereocenters. The van der Waals surface area contributed by atoms with Crippen LogP contribution in [-0.4, -0.2) is 25.2 Å². The Bertz CT molecular complexity index is 560. The van der Waals surface area contributed by atoms with Crippen LogP contribution >= 0.6 is 11.3 Å². The molecule has 0 amide bonds. The number of ether oxygens (including phenoxy) is 1. The predicted molar refractivity (Wildman–Crippen MR) is 76.4 cm³/mol. The summed E-state index contributed by atoms with van der Waals surface area (Å²) in [6.45, 7) is 0.366. The number of carboxylic acids is 1. The van der Waals surface area contributed by atoms with Crippen LogP contribution in [0.3, 0.4) is 0 Å². The first-order chi connectivity index (χ1) is 9.08. The van der Waals surface area contributed by atoms with E-state index in [2.05, 4.69) is 0 Å². The topological polar surface area (TPSA) is 49.8 Å². The summed E-state index contributed by atoms with van der Waals surface area (Å²) >= 11 is 1.17. The smallest absolute Gasteiger partial charge is 0.349 e. The summed E-state index contributed by atoms with van der Waals surface area (Å²) in [5.74, 6) is -0.526. The lowest BCUT2D eigenvalue weighted by atomic mass is 10.2. The second-order valence-corrected chi connectivity index (χ2v) is 5.18. The molecule has 0 spiro atoms. The van der Waals surface area contributed by atoms with Crippen molar-refractivity contribution in [3.8, 4) is 5.75 Å². The first kappa shape index (κ1) is 13.4. The molecule has 1 heterocycles. The van der Waals surface area contributed by atoms with Crippen molar-refractivity contribution in [2.24, 2.45) is 0 Å². The molecule has 0 unspecified atom stereocenters. The van der Waals surface area contributed by atoms with Crippen molar-refractivity contribution in [1.29, 1.82) is 0 Å². The van der Waals surface area contributed by atoms with Crippen LogP contribution in [0.2, 0.25) is 0 Å². The van der Waals surface area contributed by atoms with E-state index in [1.54, 1.807) is 11.4 Å². The van der Waals surface area contributed by atoms with Crippen LogP contribution in [0.15, 0.2) is 35.7 Å². The minimum Gasteiger partial charge on any atom is -0.487 e. The van der Waals surface area contributed by atoms with Gasteiger partial charge in [-0.15, -0.1) is 11.3 Å². The maximum Gasteiger partial charge on any atom is 0.349 e. The summed E-state index contributed by atoms with van der Waals surface area (Å²) in [4.78, 5) is 13.2. The van der Waals surface area contributed by atoms with Gasteiger partial charge < -0.3 is 14.7 Å². The van der Waals surface area contributed by atoms with E-state index < -0.39 is 5.97 Å². The summed E-state index contributed by atoms with van der Waals surface area (Å²) in [6, 6.07) is 9.64. The summed E-state index contributed by atoms with van der Waals surface area (Å²) in [5, 5.41) is 10.7. The predicted octanol–water partition coefficient (Wildman–Crippen LogP) is 3.09. The molecule has 19 heavy (non-hydrogen) atoms. The van der Waals surface area contributed by atoms with Crippen LogP contribution in [0.4, 0.5) is 5.69 Å². The summed E-state index contributed by atoms with van der Waals surface area (Å²) in [5.41, 5.74) is 2.12. The van der Waals surface area contributed by atoms with E-state index >= 15 is 0 Å². The number of rotatable bonds is 5. The molecule has 1 aromatic carbocycles. The number of benzene rings is 1. The number of hydrogen-bond acceptors (Lipinski definition) is 4. The highest BCUT2D eigenvalue weighted by atomic mass is 32.1. The Morgan fingerprint density at radius 1 is 1.26 bits per heavy atom. The number of anilines is 1. The van der Waals surface area contributed by atoms with Gasteiger partial charge in [0.1, 0.15) is 12.4 Å². The molecule has 0 radical (unpaired) electrons. The highest BCUT2D eigenvalue weighted by Crippen LogP contribution is 2.25. The summed E-state index contributed by atoms with van der Waals surface area (Å²) in [6.07, 6.45) is 0. The van der Waals surface area contributed by atoms with Crippen LogP contribution < -0.4 is 9.64 Å². The highest BCUT2D eigenvalue weighted by Gasteiger charge is 2.12. The van der Waals surface area contributed by atoms with Gasteiger partial charge in [0.25, 0.3) is 0 Å². The minimum atomic E-state index is -0.951. The molecule has 0 bridgehead atoms. The van der Waals surface area contributed by atoms with E-state index in [0.717, 1.165) is 11.3 Å². The molecule has 1 aromatic heterocycles. The van der Waals surface area contributed by atoms with E-state index in [1.807, 2.05) is 43.3 Å². The number of carboxylic acid groups (broad SMARTS) is 1. The maximum absolute atomic E-state index is 10.9. The maximum atomic E-state index is 10.9. The molecule has 0 aliphatic heterocycles. The van der Waals surface area contributed by atoms with Crippen LogP contribution in [0, 0.1) is 0 Å². The monoisotopic (exact) mass is 277 g/mol. The lowest BCUT2D eigenvalue weighted by Crippen LogP contribution is -2.08. The van der Waals surface area contributed by atoms with Crippen molar-refractivity contribution in [3.05, 3.63) is 46.2 Å². The third-order valence-electron chi connectivity index (χ3n) is 2.67. The van der Waals surface area contributed by atoms with Crippen molar-refractivity contribution in [3.63, 3.8) is 0 Å². The molecule has 5 heteroatoms. The quantitative estimate of drug-likeness (QED) is 0.912. The van der Waals surface area contributed by atoms with E-state index in [4.69, 9.17) is 9.84 Å². The molecular formula is C14H15NO3S. The number of aromatic carboxylic acids is 1. The van der Waals surface area contributed by atoms with Crippen LogP contribution in [-0.2, 0) is 6.61 Å². The number of hydrogen-bond donors (Lipinski definition) is 1. The number of carbonyl (C=O) groups is 1. The number of nitrogens with zero attached hydrogens (tertiary/aromatic N) is 1. The van der Waals surface area contributed by atoms with Gasteiger partial charge in [-0.05, 0) is 29.1 Å². The normalized spacial score (nSPS) is 10.2. The number of thiophene rings is 1. The Hall–Kier alpha value is -2.01.